The molecule has 25 heavy (non-hydrogen) atoms. The van der Waals surface area contributed by atoms with Crippen LogP contribution in [0.2, 0.25) is 0 Å². The lowest BCUT2D eigenvalue weighted by atomic mass is 9.50. The molecule has 2 fully saturated rings. The molecule has 1 aromatic carbocycles. The van der Waals surface area contributed by atoms with Crippen molar-refractivity contribution in [1.29, 1.82) is 5.26 Å². The summed E-state index contributed by atoms with van der Waals surface area (Å²) in [5.74, 6) is 1.30. The van der Waals surface area contributed by atoms with E-state index in [2.05, 4.69) is 16.4 Å². The van der Waals surface area contributed by atoms with Crippen LogP contribution in [0.25, 0.3) is 10.9 Å². The van der Waals surface area contributed by atoms with Gasteiger partial charge in [-0.15, -0.1) is 0 Å². The van der Waals surface area contributed by atoms with Gasteiger partial charge in [0.05, 0.1) is 25.5 Å². The highest BCUT2D eigenvalue weighted by molar-refractivity contribution is 5.98. The van der Waals surface area contributed by atoms with Gasteiger partial charge >= 0.3 is 0 Å². The molecule has 3 N–H and O–H groups in total. The van der Waals surface area contributed by atoms with Gasteiger partial charge in [0.1, 0.15) is 23.1 Å². The maximum Gasteiger partial charge on any atom is 0.148 e. The number of fused-ring (bicyclic) bond motifs is 1. The fourth-order valence-electron chi connectivity index (χ4n) is 4.26. The molecule has 2 atom stereocenters. The largest absolute Gasteiger partial charge is 0.497 e. The van der Waals surface area contributed by atoms with E-state index < -0.39 is 0 Å². The summed E-state index contributed by atoms with van der Waals surface area (Å²) in [6.07, 6.45) is 6.07. The van der Waals surface area contributed by atoms with E-state index in [0.29, 0.717) is 23.1 Å². The highest BCUT2D eigenvalue weighted by Crippen LogP contribution is 2.56. The highest BCUT2D eigenvalue weighted by atomic mass is 16.5. The van der Waals surface area contributed by atoms with E-state index in [0.717, 1.165) is 35.9 Å². The van der Waals surface area contributed by atoms with Gasteiger partial charge in [0, 0.05) is 35.1 Å². The summed E-state index contributed by atoms with van der Waals surface area (Å²) in [5.41, 5.74) is 8.51. The second-order valence-corrected chi connectivity index (χ2v) is 7.01. The zero-order valence-electron chi connectivity index (χ0n) is 14.5. The molecule has 4 rings (SSSR count). The number of methoxy groups -OCH3 is 2. The van der Waals surface area contributed by atoms with E-state index in [1.54, 1.807) is 26.5 Å². The first-order chi connectivity index (χ1) is 12.1. The minimum Gasteiger partial charge on any atom is -0.497 e. The molecule has 0 saturated heterocycles. The normalized spacial score (nSPS) is 23.4. The molecule has 1 heterocycles. The highest BCUT2D eigenvalue weighted by Gasteiger charge is 2.56. The van der Waals surface area contributed by atoms with Crippen molar-refractivity contribution in [3.63, 3.8) is 0 Å². The summed E-state index contributed by atoms with van der Waals surface area (Å²) < 4.78 is 10.9. The Bertz CT molecular complexity index is 870. The van der Waals surface area contributed by atoms with Crippen molar-refractivity contribution in [3.8, 4) is 17.6 Å². The van der Waals surface area contributed by atoms with E-state index in [-0.39, 0.29) is 11.5 Å². The number of nitrogens with zero attached hydrogens (tertiary/aromatic N) is 2. The number of anilines is 1. The van der Waals surface area contributed by atoms with Crippen molar-refractivity contribution >= 4 is 16.6 Å². The number of nitrogens with two attached hydrogens (primary N) is 1. The van der Waals surface area contributed by atoms with E-state index >= 15 is 0 Å². The summed E-state index contributed by atoms with van der Waals surface area (Å²) in [6, 6.07) is 6.51. The first kappa shape index (κ1) is 16.0. The van der Waals surface area contributed by atoms with E-state index in [1.807, 2.05) is 6.07 Å². The van der Waals surface area contributed by atoms with Crippen LogP contribution in [0.3, 0.4) is 0 Å². The van der Waals surface area contributed by atoms with E-state index in [9.17, 15) is 5.26 Å². The number of hydrogen-bond acceptors (Lipinski definition) is 6. The van der Waals surface area contributed by atoms with Crippen LogP contribution < -0.4 is 20.5 Å². The van der Waals surface area contributed by atoms with Crippen molar-refractivity contribution < 1.29 is 9.47 Å². The first-order valence-electron chi connectivity index (χ1n) is 8.60. The van der Waals surface area contributed by atoms with Crippen LogP contribution in [0.4, 0.5) is 5.69 Å². The van der Waals surface area contributed by atoms with E-state index in [4.69, 9.17) is 15.2 Å². The number of ether oxygens (including phenoxy) is 2. The number of hydrogen-bond donors (Lipinski definition) is 2. The van der Waals surface area contributed by atoms with E-state index in [1.165, 1.54) is 6.42 Å². The second-order valence-electron chi connectivity index (χ2n) is 7.01. The Morgan fingerprint density at radius 3 is 2.68 bits per heavy atom. The minimum absolute atomic E-state index is 0.186. The van der Waals surface area contributed by atoms with Gasteiger partial charge in [-0.25, -0.2) is 0 Å². The lowest BCUT2D eigenvalue weighted by Crippen LogP contribution is -2.67. The lowest BCUT2D eigenvalue weighted by molar-refractivity contribution is -0.0145. The summed E-state index contributed by atoms with van der Waals surface area (Å²) >= 11 is 0. The van der Waals surface area contributed by atoms with Crippen LogP contribution in [0.1, 0.15) is 31.2 Å². The fraction of sp³-hybridized carbons (Fsp3) is 0.474. The van der Waals surface area contributed by atoms with Gasteiger partial charge in [-0.1, -0.05) is 6.42 Å². The molecule has 0 aliphatic heterocycles. The molecule has 1 spiro atoms. The number of benzene rings is 1. The number of rotatable bonds is 4. The summed E-state index contributed by atoms with van der Waals surface area (Å²) in [5, 5.41) is 14.0. The average molecular weight is 338 g/mol. The van der Waals surface area contributed by atoms with Crippen molar-refractivity contribution in [1.82, 2.24) is 4.98 Å². The predicted molar refractivity (Wildman–Crippen MR) is 95.8 cm³/mol. The Hall–Kier alpha value is -2.52. The minimum atomic E-state index is 0.186. The zero-order chi connectivity index (χ0) is 17.6. The Balaban J connectivity index is 1.82. The standard InChI is InChI=1S/C19H22N4O2/c1-24-12-6-13-17(23-16-8-15(21)19(16)4-3-5-19)11(9-20)10-22-18(13)14(7-12)25-2/h6-7,10,15-16H,3-5,8,21H2,1-2H3,(H,22,23). The van der Waals surface area contributed by atoms with Gasteiger partial charge in [-0.3, -0.25) is 4.98 Å². The monoisotopic (exact) mass is 338 g/mol. The number of aromatic nitrogens is 1. The molecule has 2 saturated carbocycles. The summed E-state index contributed by atoms with van der Waals surface area (Å²) in [7, 11) is 3.22. The predicted octanol–water partition coefficient (Wildman–Crippen LogP) is 2.81. The maximum atomic E-state index is 9.57. The number of nitriles is 1. The molecule has 6 heteroatoms. The van der Waals surface area contributed by atoms with Gasteiger partial charge in [-0.05, 0) is 25.3 Å². The quantitative estimate of drug-likeness (QED) is 0.890. The first-order valence-corrected chi connectivity index (χ1v) is 8.60. The third kappa shape index (κ3) is 2.23. The van der Waals surface area contributed by atoms with Crippen LogP contribution in [0.15, 0.2) is 18.3 Å². The topological polar surface area (TPSA) is 93.2 Å². The van der Waals surface area contributed by atoms with Crippen molar-refractivity contribution in [2.45, 2.75) is 37.8 Å². The zero-order valence-corrected chi connectivity index (χ0v) is 14.5. The van der Waals surface area contributed by atoms with Gasteiger partial charge in [-0.2, -0.15) is 5.26 Å². The summed E-state index contributed by atoms with van der Waals surface area (Å²) in [4.78, 5) is 4.43. The van der Waals surface area contributed by atoms with Gasteiger partial charge in [0.25, 0.3) is 0 Å². The summed E-state index contributed by atoms with van der Waals surface area (Å²) in [6.45, 7) is 0. The Morgan fingerprint density at radius 1 is 1.32 bits per heavy atom. The second kappa shape index (κ2) is 5.78. The van der Waals surface area contributed by atoms with Crippen LogP contribution in [-0.2, 0) is 0 Å². The maximum absolute atomic E-state index is 9.57. The van der Waals surface area contributed by atoms with Gasteiger partial charge < -0.3 is 20.5 Å². The Morgan fingerprint density at radius 2 is 2.12 bits per heavy atom. The third-order valence-corrected chi connectivity index (χ3v) is 6.01. The van der Waals surface area contributed by atoms with Crippen molar-refractivity contribution in [2.24, 2.45) is 11.1 Å². The Kier molecular flexibility index (Phi) is 3.69. The van der Waals surface area contributed by atoms with Crippen molar-refractivity contribution in [2.75, 3.05) is 19.5 Å². The molecule has 2 aliphatic rings. The van der Waals surface area contributed by atoms with Crippen LogP contribution in [0, 0.1) is 16.7 Å². The molecule has 2 aliphatic carbocycles. The molecule has 0 radical (unpaired) electrons. The SMILES string of the molecule is COc1cc(OC)c2ncc(C#N)c(NC3CC(N)C34CCC4)c2c1. The molecule has 1 aromatic heterocycles. The number of nitrogens with one attached hydrogen (secondary N) is 1. The Labute approximate surface area is 146 Å². The van der Waals surface area contributed by atoms with Gasteiger partial charge in [0.15, 0.2) is 0 Å². The van der Waals surface area contributed by atoms with Crippen LogP contribution in [0.5, 0.6) is 11.5 Å². The molecule has 0 bridgehead atoms. The average Bonchev–Trinajstić information content (AvgIpc) is 2.58. The molecule has 6 nitrogen and oxygen atoms in total. The molecular weight excluding hydrogens is 316 g/mol. The van der Waals surface area contributed by atoms with Crippen molar-refractivity contribution in [3.05, 3.63) is 23.9 Å². The van der Waals surface area contributed by atoms with Crippen LogP contribution in [-0.4, -0.2) is 31.3 Å². The fourth-order valence-corrected chi connectivity index (χ4v) is 4.26. The molecule has 0 amide bonds. The third-order valence-electron chi connectivity index (χ3n) is 6.01. The smallest absolute Gasteiger partial charge is 0.148 e. The number of pyridine rings is 1. The lowest BCUT2D eigenvalue weighted by Gasteiger charge is -2.60. The van der Waals surface area contributed by atoms with Gasteiger partial charge in [0.2, 0.25) is 0 Å². The molecule has 2 aromatic rings. The molecular formula is C19H22N4O2. The molecule has 130 valence electrons. The molecule has 2 unspecified atom stereocenters. The van der Waals surface area contributed by atoms with Crippen LogP contribution >= 0.6 is 0 Å².